The molecule has 17 heavy (non-hydrogen) atoms. The molecule has 0 amide bonds. The van der Waals surface area contributed by atoms with Gasteiger partial charge in [-0.1, -0.05) is 24.9 Å². The van der Waals surface area contributed by atoms with Gasteiger partial charge in [-0.3, -0.25) is 10.1 Å². The number of carbonyl (C=O) groups is 1. The van der Waals surface area contributed by atoms with Gasteiger partial charge in [0.15, 0.2) is 0 Å². The Labute approximate surface area is 103 Å². The fourth-order valence-electron chi connectivity index (χ4n) is 1.17. The number of nitro groups is 1. The lowest BCUT2D eigenvalue weighted by molar-refractivity contribution is -0.384. The van der Waals surface area contributed by atoms with Crippen LogP contribution in [0.1, 0.15) is 30.1 Å². The van der Waals surface area contributed by atoms with Gasteiger partial charge < -0.3 is 4.74 Å². The largest absolute Gasteiger partial charge is 0.462 e. The first kappa shape index (κ1) is 13.4. The average Bonchev–Trinajstić information content (AvgIpc) is 2.28. The van der Waals surface area contributed by atoms with E-state index in [4.69, 9.17) is 16.3 Å². The monoisotopic (exact) mass is 257 g/mol. The molecule has 0 aliphatic heterocycles. The van der Waals surface area contributed by atoms with E-state index in [0.29, 0.717) is 6.61 Å². The lowest BCUT2D eigenvalue weighted by Gasteiger charge is -2.05. The topological polar surface area (TPSA) is 69.4 Å². The first-order valence-corrected chi connectivity index (χ1v) is 5.55. The van der Waals surface area contributed by atoms with E-state index in [1.165, 1.54) is 12.1 Å². The van der Waals surface area contributed by atoms with Crippen LogP contribution in [-0.2, 0) is 4.74 Å². The van der Waals surface area contributed by atoms with Crippen LogP contribution >= 0.6 is 11.6 Å². The Morgan fingerprint density at radius 2 is 2.24 bits per heavy atom. The van der Waals surface area contributed by atoms with E-state index in [9.17, 15) is 14.9 Å². The molecule has 0 fully saturated rings. The highest BCUT2D eigenvalue weighted by Crippen LogP contribution is 2.23. The SMILES string of the molecule is CCCCOC(=O)c1ccc([N+](=O)[O-])cc1Cl. The summed E-state index contributed by atoms with van der Waals surface area (Å²) in [5.74, 6) is -0.557. The standard InChI is InChI=1S/C11H12ClNO4/c1-2-3-6-17-11(14)9-5-4-8(13(15)16)7-10(9)12/h4-5,7H,2-3,6H2,1H3. The van der Waals surface area contributed by atoms with Crippen molar-refractivity contribution in [2.75, 3.05) is 6.61 Å². The summed E-state index contributed by atoms with van der Waals surface area (Å²) in [7, 11) is 0. The smallest absolute Gasteiger partial charge is 0.339 e. The van der Waals surface area contributed by atoms with Crippen molar-refractivity contribution < 1.29 is 14.5 Å². The molecule has 1 aromatic rings. The molecule has 5 nitrogen and oxygen atoms in total. The lowest BCUT2D eigenvalue weighted by Crippen LogP contribution is -2.07. The first-order valence-electron chi connectivity index (χ1n) is 5.17. The predicted octanol–water partition coefficient (Wildman–Crippen LogP) is 3.21. The Morgan fingerprint density at radius 3 is 2.76 bits per heavy atom. The maximum absolute atomic E-state index is 11.5. The number of carbonyl (C=O) groups excluding carboxylic acids is 1. The molecule has 1 rings (SSSR count). The van der Waals surface area contributed by atoms with E-state index in [1.54, 1.807) is 0 Å². The van der Waals surface area contributed by atoms with E-state index in [1.807, 2.05) is 6.92 Å². The lowest BCUT2D eigenvalue weighted by atomic mass is 10.2. The second-order valence-electron chi connectivity index (χ2n) is 3.41. The van der Waals surface area contributed by atoms with Gasteiger partial charge in [-0.25, -0.2) is 4.79 Å². The van der Waals surface area contributed by atoms with Crippen molar-refractivity contribution in [3.05, 3.63) is 38.9 Å². The Balaban J connectivity index is 2.78. The van der Waals surface area contributed by atoms with Crippen LogP contribution in [0, 0.1) is 10.1 Å². The van der Waals surface area contributed by atoms with Crippen molar-refractivity contribution >= 4 is 23.3 Å². The number of benzene rings is 1. The molecule has 0 spiro atoms. The fraction of sp³-hybridized carbons (Fsp3) is 0.364. The van der Waals surface area contributed by atoms with Crippen LogP contribution in [0.5, 0.6) is 0 Å². The van der Waals surface area contributed by atoms with Gasteiger partial charge in [0.05, 0.1) is 22.1 Å². The summed E-state index contributed by atoms with van der Waals surface area (Å²) in [5, 5.41) is 10.5. The molecule has 0 atom stereocenters. The van der Waals surface area contributed by atoms with Crippen molar-refractivity contribution in [3.63, 3.8) is 0 Å². The summed E-state index contributed by atoms with van der Waals surface area (Å²) in [6, 6.07) is 3.66. The molecule has 6 heteroatoms. The van der Waals surface area contributed by atoms with Gasteiger partial charge in [0.25, 0.3) is 5.69 Å². The second-order valence-corrected chi connectivity index (χ2v) is 3.82. The number of unbranched alkanes of at least 4 members (excludes halogenated alkanes) is 1. The molecule has 0 saturated heterocycles. The van der Waals surface area contributed by atoms with Crippen molar-refractivity contribution in [2.24, 2.45) is 0 Å². The van der Waals surface area contributed by atoms with Crippen LogP contribution in [0.4, 0.5) is 5.69 Å². The number of halogens is 1. The molecular weight excluding hydrogens is 246 g/mol. The maximum Gasteiger partial charge on any atom is 0.339 e. The van der Waals surface area contributed by atoms with Crippen LogP contribution in [0.3, 0.4) is 0 Å². The minimum atomic E-state index is -0.571. The quantitative estimate of drug-likeness (QED) is 0.351. The van der Waals surface area contributed by atoms with Gasteiger partial charge >= 0.3 is 5.97 Å². The second kappa shape index (κ2) is 6.20. The Morgan fingerprint density at radius 1 is 1.53 bits per heavy atom. The Bertz CT molecular complexity index is 433. The van der Waals surface area contributed by atoms with Gasteiger partial charge in [0.1, 0.15) is 0 Å². The zero-order valence-corrected chi connectivity index (χ0v) is 10.1. The van der Waals surface area contributed by atoms with E-state index >= 15 is 0 Å². The number of non-ortho nitro benzene ring substituents is 1. The molecule has 0 heterocycles. The number of ether oxygens (including phenoxy) is 1. The van der Waals surface area contributed by atoms with Gasteiger partial charge in [-0.2, -0.15) is 0 Å². The van der Waals surface area contributed by atoms with Gasteiger partial charge in [0, 0.05) is 12.1 Å². The molecule has 92 valence electrons. The van der Waals surface area contributed by atoms with Gasteiger partial charge in [-0.05, 0) is 12.5 Å². The normalized spacial score (nSPS) is 10.0. The molecule has 0 aliphatic rings. The molecule has 0 bridgehead atoms. The Hall–Kier alpha value is -1.62. The van der Waals surface area contributed by atoms with Crippen LogP contribution in [0.2, 0.25) is 5.02 Å². The van der Waals surface area contributed by atoms with Crippen LogP contribution in [-0.4, -0.2) is 17.5 Å². The zero-order chi connectivity index (χ0) is 12.8. The molecule has 0 aromatic heterocycles. The Kier molecular flexibility index (Phi) is 4.90. The number of rotatable bonds is 5. The predicted molar refractivity (Wildman–Crippen MR) is 63.3 cm³/mol. The van der Waals surface area contributed by atoms with Crippen molar-refractivity contribution in [1.29, 1.82) is 0 Å². The maximum atomic E-state index is 11.5. The number of esters is 1. The third-order valence-corrected chi connectivity index (χ3v) is 2.43. The van der Waals surface area contributed by atoms with Gasteiger partial charge in [-0.15, -0.1) is 0 Å². The highest BCUT2D eigenvalue weighted by atomic mass is 35.5. The van der Waals surface area contributed by atoms with Crippen LogP contribution in [0.15, 0.2) is 18.2 Å². The molecule has 1 aromatic carbocycles. The van der Waals surface area contributed by atoms with E-state index in [0.717, 1.165) is 18.9 Å². The molecule has 0 N–H and O–H groups in total. The number of hydrogen-bond donors (Lipinski definition) is 0. The summed E-state index contributed by atoms with van der Waals surface area (Å²) >= 11 is 5.78. The first-order chi connectivity index (χ1) is 8.06. The third kappa shape index (κ3) is 3.71. The average molecular weight is 258 g/mol. The summed E-state index contributed by atoms with van der Waals surface area (Å²) in [6.07, 6.45) is 1.69. The summed E-state index contributed by atoms with van der Waals surface area (Å²) in [4.78, 5) is 21.4. The highest BCUT2D eigenvalue weighted by molar-refractivity contribution is 6.33. The zero-order valence-electron chi connectivity index (χ0n) is 9.31. The van der Waals surface area contributed by atoms with Crippen molar-refractivity contribution in [1.82, 2.24) is 0 Å². The van der Waals surface area contributed by atoms with Crippen molar-refractivity contribution in [3.8, 4) is 0 Å². The molecule has 0 unspecified atom stereocenters. The fourth-order valence-corrected chi connectivity index (χ4v) is 1.42. The summed E-state index contributed by atoms with van der Waals surface area (Å²) in [6.45, 7) is 2.30. The number of nitrogens with zero attached hydrogens (tertiary/aromatic N) is 1. The molecule has 0 aliphatic carbocycles. The number of hydrogen-bond acceptors (Lipinski definition) is 4. The number of nitro benzene ring substituents is 1. The van der Waals surface area contributed by atoms with Crippen LogP contribution in [0.25, 0.3) is 0 Å². The highest BCUT2D eigenvalue weighted by Gasteiger charge is 2.15. The van der Waals surface area contributed by atoms with E-state index in [-0.39, 0.29) is 16.3 Å². The van der Waals surface area contributed by atoms with Gasteiger partial charge in [0.2, 0.25) is 0 Å². The minimum Gasteiger partial charge on any atom is -0.462 e. The third-order valence-electron chi connectivity index (χ3n) is 2.11. The van der Waals surface area contributed by atoms with Crippen LogP contribution < -0.4 is 0 Å². The molecule has 0 saturated carbocycles. The summed E-state index contributed by atoms with van der Waals surface area (Å²) < 4.78 is 4.96. The molecular formula is C11H12ClNO4. The summed E-state index contributed by atoms with van der Waals surface area (Å²) in [5.41, 5.74) is -0.00604. The van der Waals surface area contributed by atoms with E-state index in [2.05, 4.69) is 0 Å². The molecule has 0 radical (unpaired) electrons. The van der Waals surface area contributed by atoms with E-state index < -0.39 is 10.9 Å². The minimum absolute atomic E-state index is 0.0284. The van der Waals surface area contributed by atoms with Crippen molar-refractivity contribution in [2.45, 2.75) is 19.8 Å².